The molecule has 1 heterocycles. The molecule has 1 aliphatic carbocycles. The summed E-state index contributed by atoms with van der Waals surface area (Å²) in [6.45, 7) is 0.639. The van der Waals surface area contributed by atoms with E-state index in [9.17, 15) is 0 Å². The summed E-state index contributed by atoms with van der Waals surface area (Å²) in [5, 5.41) is 0. The fraction of sp³-hybridized carbons (Fsp3) is 0.286. The highest BCUT2D eigenvalue weighted by Crippen LogP contribution is 2.37. The molecule has 4 heteroatoms. The Morgan fingerprint density at radius 3 is 2.67 bits per heavy atom. The fourth-order valence-electron chi connectivity index (χ4n) is 2.66. The SMILES string of the molecule is NCC1CCc2nc(N)nc(-c3ccccc3)c21. The Balaban J connectivity index is 2.21. The van der Waals surface area contributed by atoms with E-state index in [0.29, 0.717) is 18.4 Å². The van der Waals surface area contributed by atoms with Gasteiger partial charge in [-0.1, -0.05) is 30.3 Å². The zero-order valence-electron chi connectivity index (χ0n) is 10.1. The fourth-order valence-corrected chi connectivity index (χ4v) is 2.66. The summed E-state index contributed by atoms with van der Waals surface area (Å²) in [6, 6.07) is 10.1. The average molecular weight is 240 g/mol. The number of hydrogen-bond acceptors (Lipinski definition) is 4. The van der Waals surface area contributed by atoms with Crippen molar-refractivity contribution in [2.24, 2.45) is 5.73 Å². The molecule has 0 spiro atoms. The van der Waals surface area contributed by atoms with Crippen LogP contribution in [-0.4, -0.2) is 16.5 Å². The molecular weight excluding hydrogens is 224 g/mol. The van der Waals surface area contributed by atoms with Crippen LogP contribution in [0.15, 0.2) is 30.3 Å². The molecule has 2 aromatic rings. The molecular formula is C14H16N4. The van der Waals surface area contributed by atoms with Crippen LogP contribution >= 0.6 is 0 Å². The van der Waals surface area contributed by atoms with Crippen molar-refractivity contribution in [1.82, 2.24) is 9.97 Å². The first-order valence-electron chi connectivity index (χ1n) is 6.21. The van der Waals surface area contributed by atoms with Crippen LogP contribution < -0.4 is 11.5 Å². The minimum absolute atomic E-state index is 0.352. The quantitative estimate of drug-likeness (QED) is 0.837. The summed E-state index contributed by atoms with van der Waals surface area (Å²) in [5.74, 6) is 0.709. The first-order valence-corrected chi connectivity index (χ1v) is 6.21. The second-order valence-electron chi connectivity index (χ2n) is 4.63. The van der Waals surface area contributed by atoms with E-state index in [1.807, 2.05) is 30.3 Å². The number of aryl methyl sites for hydroxylation is 1. The topological polar surface area (TPSA) is 77.8 Å². The molecule has 4 N–H and O–H groups in total. The number of nitrogen functional groups attached to an aromatic ring is 1. The molecule has 18 heavy (non-hydrogen) atoms. The van der Waals surface area contributed by atoms with E-state index < -0.39 is 0 Å². The number of benzene rings is 1. The van der Waals surface area contributed by atoms with Gasteiger partial charge >= 0.3 is 0 Å². The van der Waals surface area contributed by atoms with Crippen LogP contribution in [0.1, 0.15) is 23.6 Å². The van der Waals surface area contributed by atoms with Gasteiger partial charge in [0.2, 0.25) is 5.95 Å². The number of hydrogen-bond donors (Lipinski definition) is 2. The molecule has 0 radical (unpaired) electrons. The highest BCUT2D eigenvalue weighted by molar-refractivity contribution is 5.66. The molecule has 1 aromatic carbocycles. The molecule has 1 aromatic heterocycles. The van der Waals surface area contributed by atoms with E-state index in [1.165, 1.54) is 5.56 Å². The van der Waals surface area contributed by atoms with Crippen molar-refractivity contribution >= 4 is 5.95 Å². The molecule has 0 bridgehead atoms. The van der Waals surface area contributed by atoms with Crippen molar-refractivity contribution in [3.05, 3.63) is 41.6 Å². The monoisotopic (exact) mass is 240 g/mol. The number of rotatable bonds is 2. The third-order valence-corrected chi connectivity index (χ3v) is 3.51. The maximum absolute atomic E-state index is 5.85. The summed E-state index contributed by atoms with van der Waals surface area (Å²) in [6.07, 6.45) is 1.99. The number of nitrogens with two attached hydrogens (primary N) is 2. The molecule has 4 nitrogen and oxygen atoms in total. The first-order chi connectivity index (χ1) is 8.79. The van der Waals surface area contributed by atoms with E-state index in [2.05, 4.69) is 9.97 Å². The van der Waals surface area contributed by atoms with E-state index in [4.69, 9.17) is 11.5 Å². The van der Waals surface area contributed by atoms with Crippen molar-refractivity contribution in [3.63, 3.8) is 0 Å². The Morgan fingerprint density at radius 1 is 1.17 bits per heavy atom. The number of aromatic nitrogens is 2. The number of nitrogens with zero attached hydrogens (tertiary/aromatic N) is 2. The minimum Gasteiger partial charge on any atom is -0.368 e. The normalized spacial score (nSPS) is 17.7. The second-order valence-corrected chi connectivity index (χ2v) is 4.63. The molecule has 1 aliphatic rings. The zero-order valence-corrected chi connectivity index (χ0v) is 10.1. The van der Waals surface area contributed by atoms with E-state index in [0.717, 1.165) is 29.8 Å². The summed E-state index contributed by atoms with van der Waals surface area (Å²) < 4.78 is 0. The summed E-state index contributed by atoms with van der Waals surface area (Å²) in [7, 11) is 0. The highest BCUT2D eigenvalue weighted by atomic mass is 15.0. The molecule has 0 saturated heterocycles. The number of fused-ring (bicyclic) bond motifs is 1. The van der Waals surface area contributed by atoms with Crippen molar-refractivity contribution in [2.45, 2.75) is 18.8 Å². The van der Waals surface area contributed by atoms with Gasteiger partial charge in [0.15, 0.2) is 0 Å². The van der Waals surface area contributed by atoms with Gasteiger partial charge in [-0.15, -0.1) is 0 Å². The van der Waals surface area contributed by atoms with Crippen LogP contribution in [0.5, 0.6) is 0 Å². The molecule has 1 atom stereocenters. The molecule has 0 aliphatic heterocycles. The van der Waals surface area contributed by atoms with Gasteiger partial charge < -0.3 is 11.5 Å². The predicted molar refractivity (Wildman–Crippen MR) is 72.0 cm³/mol. The summed E-state index contributed by atoms with van der Waals surface area (Å²) >= 11 is 0. The summed E-state index contributed by atoms with van der Waals surface area (Å²) in [4.78, 5) is 8.77. The van der Waals surface area contributed by atoms with Gasteiger partial charge in [-0.2, -0.15) is 0 Å². The van der Waals surface area contributed by atoms with Gasteiger partial charge in [-0.05, 0) is 19.4 Å². The van der Waals surface area contributed by atoms with Gasteiger partial charge in [0.1, 0.15) is 0 Å². The van der Waals surface area contributed by atoms with Crippen molar-refractivity contribution in [2.75, 3.05) is 12.3 Å². The maximum atomic E-state index is 5.85. The molecule has 0 saturated carbocycles. The van der Waals surface area contributed by atoms with Crippen LogP contribution in [0.2, 0.25) is 0 Å². The van der Waals surface area contributed by atoms with E-state index in [-0.39, 0.29) is 0 Å². The Morgan fingerprint density at radius 2 is 1.94 bits per heavy atom. The minimum atomic E-state index is 0.352. The average Bonchev–Trinajstić information content (AvgIpc) is 2.81. The van der Waals surface area contributed by atoms with E-state index in [1.54, 1.807) is 0 Å². The van der Waals surface area contributed by atoms with Gasteiger partial charge in [-0.3, -0.25) is 0 Å². The van der Waals surface area contributed by atoms with Crippen LogP contribution in [0.4, 0.5) is 5.95 Å². The van der Waals surface area contributed by atoms with E-state index >= 15 is 0 Å². The van der Waals surface area contributed by atoms with Crippen LogP contribution in [0.3, 0.4) is 0 Å². The van der Waals surface area contributed by atoms with Gasteiger partial charge in [0.25, 0.3) is 0 Å². The summed E-state index contributed by atoms with van der Waals surface area (Å²) in [5.41, 5.74) is 15.9. The van der Waals surface area contributed by atoms with Crippen LogP contribution in [0, 0.1) is 0 Å². The molecule has 1 unspecified atom stereocenters. The molecule has 0 fully saturated rings. The van der Waals surface area contributed by atoms with Crippen molar-refractivity contribution in [3.8, 4) is 11.3 Å². The van der Waals surface area contributed by atoms with Gasteiger partial charge in [0.05, 0.1) is 11.4 Å². The largest absolute Gasteiger partial charge is 0.368 e. The lowest BCUT2D eigenvalue weighted by Crippen LogP contribution is -2.12. The van der Waals surface area contributed by atoms with Crippen LogP contribution in [0.25, 0.3) is 11.3 Å². The van der Waals surface area contributed by atoms with Gasteiger partial charge in [-0.25, -0.2) is 9.97 Å². The lowest BCUT2D eigenvalue weighted by molar-refractivity contribution is 0.688. The van der Waals surface area contributed by atoms with Gasteiger partial charge in [0, 0.05) is 17.0 Å². The standard InChI is InChI=1S/C14H16N4/c15-8-10-6-7-11-12(10)13(18-14(16)17-11)9-4-2-1-3-5-9/h1-5,10H,6-8,15H2,(H2,16,17,18). The van der Waals surface area contributed by atoms with Crippen LogP contribution in [-0.2, 0) is 6.42 Å². The predicted octanol–water partition coefficient (Wildman–Crippen LogP) is 1.71. The Labute approximate surface area is 106 Å². The lowest BCUT2D eigenvalue weighted by Gasteiger charge is -2.13. The third kappa shape index (κ3) is 1.75. The smallest absolute Gasteiger partial charge is 0.220 e. The Bertz CT molecular complexity index is 566. The van der Waals surface area contributed by atoms with Crippen molar-refractivity contribution < 1.29 is 0 Å². The number of anilines is 1. The third-order valence-electron chi connectivity index (χ3n) is 3.51. The highest BCUT2D eigenvalue weighted by Gasteiger charge is 2.27. The molecule has 92 valence electrons. The lowest BCUT2D eigenvalue weighted by atomic mass is 9.97. The molecule has 3 rings (SSSR count). The molecule has 0 amide bonds. The second kappa shape index (κ2) is 4.38. The zero-order chi connectivity index (χ0) is 12.5. The Kier molecular flexibility index (Phi) is 2.72. The first kappa shape index (κ1) is 11.2. The van der Waals surface area contributed by atoms with Crippen molar-refractivity contribution in [1.29, 1.82) is 0 Å². The maximum Gasteiger partial charge on any atom is 0.220 e. The Hall–Kier alpha value is -1.94.